The van der Waals surface area contributed by atoms with E-state index >= 15 is 0 Å². The second kappa shape index (κ2) is 6.83. The number of fused-ring (bicyclic) bond motifs is 3. The fourth-order valence-electron chi connectivity index (χ4n) is 4.52. The highest BCUT2D eigenvalue weighted by Gasteiger charge is 2.20. The molecule has 0 aliphatic carbocycles. The fourth-order valence-corrected chi connectivity index (χ4v) is 4.52. The Hall–Kier alpha value is -3.85. The Labute approximate surface area is 186 Å². The molecule has 0 amide bonds. The molecule has 0 aliphatic heterocycles. The zero-order valence-corrected chi connectivity index (χ0v) is 18.3. The second-order valence-electron chi connectivity index (χ2n) is 9.35. The van der Waals surface area contributed by atoms with Crippen LogP contribution < -0.4 is 0 Å². The maximum Gasteiger partial charge on any atom is 0.138 e. The summed E-state index contributed by atoms with van der Waals surface area (Å²) in [7, 11) is 0. The number of hydrogen-bond acceptors (Lipinski definition) is 3. The lowest BCUT2D eigenvalue weighted by molar-refractivity contribution is 0.596. The zero-order valence-electron chi connectivity index (χ0n) is 18.3. The van der Waals surface area contributed by atoms with Crippen LogP contribution in [-0.2, 0) is 5.41 Å². The molecule has 32 heavy (non-hydrogen) atoms. The zero-order chi connectivity index (χ0) is 21.9. The van der Waals surface area contributed by atoms with Gasteiger partial charge in [-0.2, -0.15) is 0 Å². The normalized spacial score (nSPS) is 12.2. The fraction of sp³-hybridized carbons (Fsp3) is 0.138. The van der Waals surface area contributed by atoms with Crippen LogP contribution in [-0.4, -0.2) is 4.98 Å². The minimum atomic E-state index is 0.0189. The van der Waals surface area contributed by atoms with Crippen LogP contribution in [0.15, 0.2) is 94.1 Å². The van der Waals surface area contributed by atoms with Crippen LogP contribution in [0.3, 0.4) is 0 Å². The van der Waals surface area contributed by atoms with Crippen molar-refractivity contribution in [3.8, 4) is 22.6 Å². The summed E-state index contributed by atoms with van der Waals surface area (Å²) in [5, 5.41) is 4.59. The molecule has 0 fully saturated rings. The van der Waals surface area contributed by atoms with Gasteiger partial charge < -0.3 is 8.83 Å². The summed E-state index contributed by atoms with van der Waals surface area (Å²) in [5.41, 5.74) is 6.12. The van der Waals surface area contributed by atoms with Crippen molar-refractivity contribution in [2.75, 3.05) is 0 Å². The van der Waals surface area contributed by atoms with E-state index in [0.29, 0.717) is 0 Å². The van der Waals surface area contributed by atoms with Crippen LogP contribution in [0.2, 0.25) is 0 Å². The molecule has 0 radical (unpaired) electrons. The lowest BCUT2D eigenvalue weighted by atomic mass is 9.82. The lowest BCUT2D eigenvalue weighted by Gasteiger charge is -2.22. The first-order valence-corrected chi connectivity index (χ1v) is 10.9. The van der Waals surface area contributed by atoms with Crippen LogP contribution in [0.4, 0.5) is 0 Å². The average molecular weight is 418 g/mol. The van der Waals surface area contributed by atoms with Gasteiger partial charge in [0, 0.05) is 28.1 Å². The minimum absolute atomic E-state index is 0.0189. The second-order valence-corrected chi connectivity index (χ2v) is 9.35. The van der Waals surface area contributed by atoms with Gasteiger partial charge in [-0.05, 0) is 70.3 Å². The van der Waals surface area contributed by atoms with Gasteiger partial charge in [0.15, 0.2) is 0 Å². The Morgan fingerprint density at radius 1 is 0.719 bits per heavy atom. The Morgan fingerprint density at radius 3 is 2.44 bits per heavy atom. The summed E-state index contributed by atoms with van der Waals surface area (Å²) in [6.07, 6.45) is 3.54. The van der Waals surface area contributed by atoms with Crippen LogP contribution in [0, 0.1) is 0 Å². The Kier molecular flexibility index (Phi) is 4.03. The monoisotopic (exact) mass is 417 g/mol. The van der Waals surface area contributed by atoms with Gasteiger partial charge in [0.2, 0.25) is 0 Å². The summed E-state index contributed by atoms with van der Waals surface area (Å²) < 4.78 is 11.7. The van der Waals surface area contributed by atoms with E-state index < -0.39 is 0 Å². The predicted octanol–water partition coefficient (Wildman–Crippen LogP) is 8.36. The molecule has 0 spiro atoms. The smallest absolute Gasteiger partial charge is 0.138 e. The van der Waals surface area contributed by atoms with Crippen molar-refractivity contribution in [3.05, 3.63) is 90.8 Å². The minimum Gasteiger partial charge on any atom is -0.464 e. The largest absolute Gasteiger partial charge is 0.464 e. The third-order valence-electron chi connectivity index (χ3n) is 6.13. The van der Waals surface area contributed by atoms with Crippen molar-refractivity contribution < 1.29 is 8.83 Å². The first kappa shape index (κ1) is 18.9. The van der Waals surface area contributed by atoms with Crippen molar-refractivity contribution in [3.63, 3.8) is 0 Å². The number of nitrogens with zero attached hydrogens (tertiary/aromatic N) is 1. The number of aromatic nitrogens is 1. The molecule has 3 nitrogen and oxygen atoms in total. The summed E-state index contributed by atoms with van der Waals surface area (Å²) in [6.45, 7) is 6.78. The van der Waals surface area contributed by atoms with Crippen LogP contribution >= 0.6 is 0 Å². The van der Waals surface area contributed by atoms with Gasteiger partial charge in [0.1, 0.15) is 16.9 Å². The molecule has 0 bridgehead atoms. The van der Waals surface area contributed by atoms with Crippen molar-refractivity contribution in [2.24, 2.45) is 0 Å². The molecule has 0 saturated carbocycles. The highest BCUT2D eigenvalue weighted by molar-refractivity contribution is 5.98. The summed E-state index contributed by atoms with van der Waals surface area (Å²) in [4.78, 5) is 4.78. The van der Waals surface area contributed by atoms with E-state index in [4.69, 9.17) is 13.8 Å². The number of furan rings is 2. The maximum atomic E-state index is 6.26. The molecule has 156 valence electrons. The molecule has 3 aromatic heterocycles. The van der Waals surface area contributed by atoms with Crippen molar-refractivity contribution >= 4 is 32.7 Å². The van der Waals surface area contributed by atoms with Gasteiger partial charge >= 0.3 is 0 Å². The summed E-state index contributed by atoms with van der Waals surface area (Å²) in [6, 6.07) is 25.2. The van der Waals surface area contributed by atoms with Gasteiger partial charge in [0.05, 0.1) is 12.0 Å². The molecule has 0 unspecified atom stereocenters. The Balaban J connectivity index is 1.56. The van der Waals surface area contributed by atoms with Crippen molar-refractivity contribution in [1.29, 1.82) is 0 Å². The summed E-state index contributed by atoms with van der Waals surface area (Å²) >= 11 is 0. The van der Waals surface area contributed by atoms with E-state index in [2.05, 4.69) is 69.3 Å². The van der Waals surface area contributed by atoms with Gasteiger partial charge in [-0.1, -0.05) is 45.0 Å². The molecule has 0 aliphatic rings. The number of hydrogen-bond donors (Lipinski definition) is 0. The molecule has 0 saturated heterocycles. The van der Waals surface area contributed by atoms with E-state index in [1.165, 1.54) is 16.3 Å². The van der Waals surface area contributed by atoms with E-state index in [0.717, 1.165) is 44.5 Å². The molecule has 0 N–H and O–H groups in total. The first-order valence-electron chi connectivity index (χ1n) is 10.9. The highest BCUT2D eigenvalue weighted by atomic mass is 16.3. The molecular formula is C29H23NO2. The van der Waals surface area contributed by atoms with Gasteiger partial charge in [-0.25, -0.2) is 0 Å². The van der Waals surface area contributed by atoms with Gasteiger partial charge in [-0.3, -0.25) is 4.98 Å². The lowest BCUT2D eigenvalue weighted by Crippen LogP contribution is -2.12. The molecule has 6 aromatic rings. The maximum absolute atomic E-state index is 6.26. The Morgan fingerprint density at radius 2 is 1.56 bits per heavy atom. The molecule has 3 heterocycles. The van der Waals surface area contributed by atoms with Crippen LogP contribution in [0.25, 0.3) is 55.3 Å². The molecule has 3 aromatic carbocycles. The van der Waals surface area contributed by atoms with E-state index in [9.17, 15) is 0 Å². The van der Waals surface area contributed by atoms with Gasteiger partial charge in [0.25, 0.3) is 0 Å². The van der Waals surface area contributed by atoms with E-state index in [-0.39, 0.29) is 5.41 Å². The molecule has 3 heteroatoms. The summed E-state index contributed by atoms with van der Waals surface area (Å²) in [5.74, 6) is 0.828. The quantitative estimate of drug-likeness (QED) is 0.284. The van der Waals surface area contributed by atoms with E-state index in [1.54, 1.807) is 6.26 Å². The SMILES string of the molecule is CC(C)(C)c1cc(-c2nccc3oc(-c4ccc5occc5c4)cc23)cc2ccccc12. The van der Waals surface area contributed by atoms with Crippen LogP contribution in [0.1, 0.15) is 26.3 Å². The molecular weight excluding hydrogens is 394 g/mol. The first-order chi connectivity index (χ1) is 15.5. The van der Waals surface area contributed by atoms with Crippen LogP contribution in [0.5, 0.6) is 0 Å². The average Bonchev–Trinajstić information content (AvgIpc) is 3.43. The van der Waals surface area contributed by atoms with Crippen molar-refractivity contribution in [1.82, 2.24) is 4.98 Å². The van der Waals surface area contributed by atoms with E-state index in [1.807, 2.05) is 30.5 Å². The Bertz CT molecular complexity index is 1610. The topological polar surface area (TPSA) is 39.2 Å². The third-order valence-corrected chi connectivity index (χ3v) is 6.13. The van der Waals surface area contributed by atoms with Crippen molar-refractivity contribution in [2.45, 2.75) is 26.2 Å². The molecule has 6 rings (SSSR count). The number of pyridine rings is 1. The van der Waals surface area contributed by atoms with Gasteiger partial charge in [-0.15, -0.1) is 0 Å². The number of rotatable bonds is 2. The molecule has 0 atom stereocenters. The third kappa shape index (κ3) is 3.01. The highest BCUT2D eigenvalue weighted by Crippen LogP contribution is 2.38. The number of benzene rings is 3. The predicted molar refractivity (Wildman–Crippen MR) is 131 cm³/mol. The standard InChI is InChI=1S/C29H23NO2/c1-29(2,3)24-16-21(14-18-6-4-5-7-22(18)24)28-23-17-27(32-26(23)10-12-30-28)19-8-9-25-20(15-19)11-13-31-25/h4-17H,1-3H3.